The molecular formula is C26H26N2O5. The van der Waals surface area contributed by atoms with Crippen LogP contribution in [-0.4, -0.2) is 32.1 Å². The maximum atomic E-state index is 12.3. The van der Waals surface area contributed by atoms with Gasteiger partial charge in [0, 0.05) is 12.6 Å². The lowest BCUT2D eigenvalue weighted by atomic mass is 10.1. The fourth-order valence-corrected chi connectivity index (χ4v) is 2.64. The van der Waals surface area contributed by atoms with Crippen LogP contribution < -0.4 is 19.5 Å². The van der Waals surface area contributed by atoms with Crippen LogP contribution in [-0.2, 0) is 9.59 Å². The van der Waals surface area contributed by atoms with Gasteiger partial charge < -0.3 is 19.5 Å². The van der Waals surface area contributed by atoms with E-state index in [0.717, 1.165) is 17.7 Å². The van der Waals surface area contributed by atoms with Crippen molar-refractivity contribution in [1.82, 2.24) is 5.32 Å². The fourth-order valence-electron chi connectivity index (χ4n) is 2.64. The number of hydrogen-bond acceptors (Lipinski definition) is 6. The zero-order valence-corrected chi connectivity index (χ0v) is 18.7. The number of hydrogen-bond donors (Lipinski definition) is 1. The van der Waals surface area contributed by atoms with Gasteiger partial charge in [-0.15, -0.1) is 6.58 Å². The van der Waals surface area contributed by atoms with E-state index < -0.39 is 11.9 Å². The number of ether oxygens (including phenoxy) is 3. The standard InChI is InChI=1S/C26H26N2O5/c1-4-14-28-26(30)21(18-27)16-20-8-12-23(24(17-20)31-3)33-25(29)13-9-19-6-10-22(11-7-19)32-15-5-2/h4,6-13,16-17H,1,5,14-15H2,2-3H3,(H,28,30)/b13-9+,21-16+. The van der Waals surface area contributed by atoms with E-state index in [1.54, 1.807) is 18.2 Å². The van der Waals surface area contributed by atoms with Crippen LogP contribution in [0.4, 0.5) is 0 Å². The van der Waals surface area contributed by atoms with Crippen LogP contribution in [0.1, 0.15) is 24.5 Å². The smallest absolute Gasteiger partial charge is 0.336 e. The molecule has 0 atom stereocenters. The molecule has 1 N–H and O–H groups in total. The van der Waals surface area contributed by atoms with E-state index in [1.165, 1.54) is 31.4 Å². The molecule has 2 aromatic rings. The first-order valence-corrected chi connectivity index (χ1v) is 10.3. The minimum atomic E-state index is -0.579. The van der Waals surface area contributed by atoms with Crippen LogP contribution >= 0.6 is 0 Å². The molecule has 0 aliphatic rings. The third-order valence-electron chi connectivity index (χ3n) is 4.25. The molecule has 0 aromatic heterocycles. The first-order valence-electron chi connectivity index (χ1n) is 10.3. The number of benzene rings is 2. The van der Waals surface area contributed by atoms with Gasteiger partial charge in [0.05, 0.1) is 13.7 Å². The summed E-state index contributed by atoms with van der Waals surface area (Å²) in [5.74, 6) is 0.175. The van der Waals surface area contributed by atoms with Crippen LogP contribution in [0.15, 0.2) is 66.8 Å². The molecule has 0 bridgehead atoms. The predicted molar refractivity (Wildman–Crippen MR) is 127 cm³/mol. The van der Waals surface area contributed by atoms with Gasteiger partial charge in [-0.1, -0.05) is 31.2 Å². The Morgan fingerprint density at radius 1 is 1.12 bits per heavy atom. The highest BCUT2D eigenvalue weighted by atomic mass is 16.6. The Morgan fingerprint density at radius 2 is 1.85 bits per heavy atom. The quantitative estimate of drug-likeness (QED) is 0.182. The lowest BCUT2D eigenvalue weighted by Gasteiger charge is -2.09. The van der Waals surface area contributed by atoms with Gasteiger partial charge in [0.2, 0.25) is 0 Å². The number of carbonyl (C=O) groups is 2. The molecule has 0 aliphatic carbocycles. The van der Waals surface area contributed by atoms with Gasteiger partial charge in [-0.25, -0.2) is 4.79 Å². The molecule has 0 fully saturated rings. The lowest BCUT2D eigenvalue weighted by molar-refractivity contribution is -0.129. The second-order valence-corrected chi connectivity index (χ2v) is 6.75. The molecule has 0 heterocycles. The molecule has 0 radical (unpaired) electrons. The van der Waals surface area contributed by atoms with Gasteiger partial charge in [0.15, 0.2) is 11.5 Å². The number of amides is 1. The molecule has 0 aliphatic heterocycles. The largest absolute Gasteiger partial charge is 0.494 e. The summed E-state index contributed by atoms with van der Waals surface area (Å²) in [4.78, 5) is 24.2. The Bertz CT molecular complexity index is 1080. The summed E-state index contributed by atoms with van der Waals surface area (Å²) in [6.45, 7) is 6.46. The topological polar surface area (TPSA) is 97.7 Å². The van der Waals surface area contributed by atoms with Crippen LogP contribution in [0.2, 0.25) is 0 Å². The van der Waals surface area contributed by atoms with Gasteiger partial charge in [0.1, 0.15) is 17.4 Å². The number of nitriles is 1. The maximum absolute atomic E-state index is 12.3. The molecule has 2 aromatic carbocycles. The van der Waals surface area contributed by atoms with Crippen molar-refractivity contribution in [3.05, 3.63) is 77.9 Å². The fraction of sp³-hybridized carbons (Fsp3) is 0.192. The zero-order chi connectivity index (χ0) is 24.1. The van der Waals surface area contributed by atoms with Crippen molar-refractivity contribution in [2.24, 2.45) is 0 Å². The third-order valence-corrected chi connectivity index (χ3v) is 4.25. The molecule has 0 unspecified atom stereocenters. The Kier molecular flexibility index (Phi) is 9.96. The average molecular weight is 447 g/mol. The van der Waals surface area contributed by atoms with Crippen molar-refractivity contribution in [3.8, 4) is 23.3 Å². The van der Waals surface area contributed by atoms with Crippen molar-refractivity contribution in [2.75, 3.05) is 20.3 Å². The zero-order valence-electron chi connectivity index (χ0n) is 18.7. The third kappa shape index (κ3) is 8.04. The van der Waals surface area contributed by atoms with E-state index in [2.05, 4.69) is 11.9 Å². The molecule has 170 valence electrons. The number of esters is 1. The van der Waals surface area contributed by atoms with E-state index >= 15 is 0 Å². The van der Waals surface area contributed by atoms with Crippen LogP contribution in [0, 0.1) is 11.3 Å². The second kappa shape index (κ2) is 13.2. The van der Waals surface area contributed by atoms with Gasteiger partial charge in [-0.2, -0.15) is 5.26 Å². The molecular weight excluding hydrogens is 420 g/mol. The predicted octanol–water partition coefficient (Wildman–Crippen LogP) is 4.31. The summed E-state index contributed by atoms with van der Waals surface area (Å²) in [7, 11) is 1.43. The van der Waals surface area contributed by atoms with Crippen molar-refractivity contribution in [1.29, 1.82) is 5.26 Å². The van der Waals surface area contributed by atoms with E-state index in [0.29, 0.717) is 12.2 Å². The first kappa shape index (κ1) is 25.0. The molecule has 1 amide bonds. The highest BCUT2D eigenvalue weighted by molar-refractivity contribution is 6.01. The molecule has 2 rings (SSSR count). The van der Waals surface area contributed by atoms with Crippen molar-refractivity contribution >= 4 is 24.0 Å². The Morgan fingerprint density at radius 3 is 2.48 bits per heavy atom. The monoisotopic (exact) mass is 446 g/mol. The van der Waals surface area contributed by atoms with Crippen LogP contribution in [0.5, 0.6) is 17.2 Å². The van der Waals surface area contributed by atoms with Gasteiger partial charge >= 0.3 is 5.97 Å². The highest BCUT2D eigenvalue weighted by Crippen LogP contribution is 2.29. The van der Waals surface area contributed by atoms with Crippen molar-refractivity contribution in [3.63, 3.8) is 0 Å². The minimum absolute atomic E-state index is 0.0716. The second-order valence-electron chi connectivity index (χ2n) is 6.75. The Labute approximate surface area is 193 Å². The number of rotatable bonds is 11. The number of nitrogens with zero attached hydrogens (tertiary/aromatic N) is 1. The van der Waals surface area contributed by atoms with Crippen LogP contribution in [0.3, 0.4) is 0 Å². The van der Waals surface area contributed by atoms with Gasteiger partial charge in [0.25, 0.3) is 5.91 Å². The summed E-state index contributed by atoms with van der Waals surface area (Å²) in [6, 6.07) is 13.9. The maximum Gasteiger partial charge on any atom is 0.336 e. The summed E-state index contributed by atoms with van der Waals surface area (Å²) >= 11 is 0. The molecule has 7 heteroatoms. The lowest BCUT2D eigenvalue weighted by Crippen LogP contribution is -2.24. The number of carbonyl (C=O) groups excluding carboxylic acids is 2. The van der Waals surface area contributed by atoms with Crippen LogP contribution in [0.25, 0.3) is 12.2 Å². The minimum Gasteiger partial charge on any atom is -0.494 e. The van der Waals surface area contributed by atoms with Gasteiger partial charge in [-0.05, 0) is 54.0 Å². The normalized spacial score (nSPS) is 10.9. The van der Waals surface area contributed by atoms with E-state index in [4.69, 9.17) is 14.2 Å². The molecule has 33 heavy (non-hydrogen) atoms. The summed E-state index contributed by atoms with van der Waals surface area (Å²) in [6.07, 6.45) is 6.81. The van der Waals surface area contributed by atoms with E-state index in [1.807, 2.05) is 37.3 Å². The molecule has 0 spiro atoms. The van der Waals surface area contributed by atoms with Gasteiger partial charge in [-0.3, -0.25) is 4.79 Å². The SMILES string of the molecule is C=CCNC(=O)/C(C#N)=C/c1ccc(OC(=O)/C=C/c2ccc(OCCC)cc2)c(OC)c1. The summed E-state index contributed by atoms with van der Waals surface area (Å²) < 4.78 is 16.2. The first-order chi connectivity index (χ1) is 16.0. The summed E-state index contributed by atoms with van der Waals surface area (Å²) in [5.41, 5.74) is 1.29. The van der Waals surface area contributed by atoms with Crippen molar-refractivity contribution in [2.45, 2.75) is 13.3 Å². The Hall–Kier alpha value is -4.31. The molecule has 0 saturated heterocycles. The molecule has 0 saturated carbocycles. The highest BCUT2D eigenvalue weighted by Gasteiger charge is 2.11. The van der Waals surface area contributed by atoms with Crippen molar-refractivity contribution < 1.29 is 23.8 Å². The molecule has 7 nitrogen and oxygen atoms in total. The summed E-state index contributed by atoms with van der Waals surface area (Å²) in [5, 5.41) is 11.8. The Balaban J connectivity index is 2.08. The number of nitrogens with one attached hydrogen (secondary N) is 1. The van der Waals surface area contributed by atoms with E-state index in [9.17, 15) is 14.9 Å². The number of methoxy groups -OCH3 is 1. The average Bonchev–Trinajstić information content (AvgIpc) is 2.84. The van der Waals surface area contributed by atoms with E-state index in [-0.39, 0.29) is 23.6 Å².